The van der Waals surface area contributed by atoms with Crippen LogP contribution in [0.3, 0.4) is 0 Å². The molecule has 0 aromatic heterocycles. The lowest BCUT2D eigenvalue weighted by atomic mass is 10.2. The van der Waals surface area contributed by atoms with Crippen molar-refractivity contribution < 1.29 is 14.3 Å². The Morgan fingerprint density at radius 2 is 1.75 bits per heavy atom. The predicted molar refractivity (Wildman–Crippen MR) is 98.4 cm³/mol. The van der Waals surface area contributed by atoms with Crippen molar-refractivity contribution in [2.45, 2.75) is 12.7 Å². The van der Waals surface area contributed by atoms with Crippen molar-refractivity contribution in [3.8, 4) is 0 Å². The Morgan fingerprint density at radius 1 is 1.08 bits per heavy atom. The van der Waals surface area contributed by atoms with Crippen LogP contribution in [0.25, 0.3) is 0 Å². The van der Waals surface area contributed by atoms with Crippen LogP contribution >= 0.6 is 23.4 Å². The monoisotopic (exact) mass is 363 g/mol. The molecular weight excluding hydrogens is 346 g/mol. The van der Waals surface area contributed by atoms with Gasteiger partial charge in [-0.1, -0.05) is 41.4 Å². The number of esters is 1. The first-order chi connectivity index (χ1) is 11.5. The summed E-state index contributed by atoms with van der Waals surface area (Å²) in [5.74, 6) is 0.154. The summed E-state index contributed by atoms with van der Waals surface area (Å²) >= 11 is 7.22. The lowest BCUT2D eigenvalue weighted by Gasteiger charge is -2.07. The van der Waals surface area contributed by atoms with Gasteiger partial charge in [0.2, 0.25) is 0 Å². The van der Waals surface area contributed by atoms with Crippen LogP contribution in [-0.2, 0) is 20.1 Å². The molecule has 0 fully saturated rings. The quantitative estimate of drug-likeness (QED) is 0.753. The molecule has 0 aliphatic rings. The molecule has 0 radical (unpaired) electrons. The molecule has 1 amide bonds. The molecule has 0 heterocycles. The molecule has 0 saturated carbocycles. The van der Waals surface area contributed by atoms with E-state index in [2.05, 4.69) is 5.32 Å². The summed E-state index contributed by atoms with van der Waals surface area (Å²) in [6, 6.07) is 14.8. The highest BCUT2D eigenvalue weighted by molar-refractivity contribution is 7.99. The van der Waals surface area contributed by atoms with E-state index in [-0.39, 0.29) is 18.3 Å². The van der Waals surface area contributed by atoms with E-state index in [9.17, 15) is 9.59 Å². The van der Waals surface area contributed by atoms with Crippen molar-refractivity contribution in [3.05, 3.63) is 64.7 Å². The molecule has 2 rings (SSSR count). The number of anilines is 1. The first kappa shape index (κ1) is 18.4. The number of hydrogen-bond donors (Lipinski definition) is 1. The minimum absolute atomic E-state index is 0.210. The number of nitrogens with one attached hydrogen (secondary N) is 1. The molecule has 24 heavy (non-hydrogen) atoms. The summed E-state index contributed by atoms with van der Waals surface area (Å²) in [5.41, 5.74) is 2.96. The van der Waals surface area contributed by atoms with Gasteiger partial charge in [-0.25, -0.2) is 0 Å². The molecule has 126 valence electrons. The first-order valence-electron chi connectivity index (χ1n) is 7.37. The Kier molecular flexibility index (Phi) is 7.15. The maximum Gasteiger partial charge on any atom is 0.316 e. The summed E-state index contributed by atoms with van der Waals surface area (Å²) in [6.07, 6.45) is 0. The van der Waals surface area contributed by atoms with Crippen LogP contribution in [0.2, 0.25) is 5.02 Å². The second-order valence-corrected chi connectivity index (χ2v) is 6.62. The molecule has 2 aromatic rings. The molecule has 0 atom stereocenters. The van der Waals surface area contributed by atoms with Crippen LogP contribution < -0.4 is 5.32 Å². The lowest BCUT2D eigenvalue weighted by Crippen LogP contribution is -2.21. The largest absolute Gasteiger partial charge is 0.455 e. The SMILES string of the molecule is Cc1ccc(CSCC(=O)OCC(=O)Nc2ccc(Cl)cc2)cc1. The number of carbonyl (C=O) groups is 2. The Hall–Kier alpha value is -1.98. The minimum atomic E-state index is -0.404. The molecule has 0 spiro atoms. The van der Waals surface area contributed by atoms with Gasteiger partial charge in [0.25, 0.3) is 5.91 Å². The number of benzene rings is 2. The summed E-state index contributed by atoms with van der Waals surface area (Å²) in [6.45, 7) is 1.73. The van der Waals surface area contributed by atoms with E-state index in [1.54, 1.807) is 24.3 Å². The van der Waals surface area contributed by atoms with Crippen molar-refractivity contribution in [1.29, 1.82) is 0 Å². The van der Waals surface area contributed by atoms with Gasteiger partial charge in [-0.15, -0.1) is 11.8 Å². The van der Waals surface area contributed by atoms with E-state index in [0.29, 0.717) is 10.7 Å². The highest BCUT2D eigenvalue weighted by Gasteiger charge is 2.08. The van der Waals surface area contributed by atoms with E-state index < -0.39 is 5.97 Å². The van der Waals surface area contributed by atoms with Crippen molar-refractivity contribution in [2.24, 2.45) is 0 Å². The van der Waals surface area contributed by atoms with E-state index in [0.717, 1.165) is 11.3 Å². The third-order valence-electron chi connectivity index (χ3n) is 3.10. The van der Waals surface area contributed by atoms with Crippen LogP contribution in [0.1, 0.15) is 11.1 Å². The lowest BCUT2D eigenvalue weighted by molar-refractivity contribution is -0.144. The topological polar surface area (TPSA) is 55.4 Å². The Bertz CT molecular complexity index is 686. The fourth-order valence-corrected chi connectivity index (χ4v) is 2.76. The van der Waals surface area contributed by atoms with E-state index >= 15 is 0 Å². The van der Waals surface area contributed by atoms with Gasteiger partial charge in [-0.3, -0.25) is 9.59 Å². The van der Waals surface area contributed by atoms with Crippen LogP contribution in [0.4, 0.5) is 5.69 Å². The van der Waals surface area contributed by atoms with Gasteiger partial charge >= 0.3 is 5.97 Å². The zero-order valence-electron chi connectivity index (χ0n) is 13.3. The van der Waals surface area contributed by atoms with Gasteiger partial charge in [-0.05, 0) is 36.8 Å². The highest BCUT2D eigenvalue weighted by Crippen LogP contribution is 2.14. The average Bonchev–Trinajstić information content (AvgIpc) is 2.57. The van der Waals surface area contributed by atoms with Crippen LogP contribution in [0.5, 0.6) is 0 Å². The van der Waals surface area contributed by atoms with E-state index in [1.165, 1.54) is 17.3 Å². The number of halogens is 1. The summed E-state index contributed by atoms with van der Waals surface area (Å²) in [5, 5.41) is 3.22. The molecule has 0 bridgehead atoms. The highest BCUT2D eigenvalue weighted by atomic mass is 35.5. The second kappa shape index (κ2) is 9.35. The van der Waals surface area contributed by atoms with Gasteiger partial charge in [-0.2, -0.15) is 0 Å². The predicted octanol–water partition coefficient (Wildman–Crippen LogP) is 4.06. The van der Waals surface area contributed by atoms with E-state index in [4.69, 9.17) is 16.3 Å². The van der Waals surface area contributed by atoms with Gasteiger partial charge in [0, 0.05) is 16.5 Å². The zero-order chi connectivity index (χ0) is 17.4. The summed E-state index contributed by atoms with van der Waals surface area (Å²) < 4.78 is 4.96. The number of hydrogen-bond acceptors (Lipinski definition) is 4. The smallest absolute Gasteiger partial charge is 0.316 e. The number of thioether (sulfide) groups is 1. The van der Waals surface area contributed by atoms with Crippen LogP contribution in [0.15, 0.2) is 48.5 Å². The molecule has 6 heteroatoms. The summed E-state index contributed by atoms with van der Waals surface area (Å²) in [7, 11) is 0. The maximum absolute atomic E-state index is 11.7. The molecule has 4 nitrogen and oxygen atoms in total. The molecule has 0 saturated heterocycles. The van der Waals surface area contributed by atoms with Crippen molar-refractivity contribution in [2.75, 3.05) is 17.7 Å². The molecule has 2 aromatic carbocycles. The fraction of sp³-hybridized carbons (Fsp3) is 0.222. The number of amides is 1. The Morgan fingerprint density at radius 3 is 2.42 bits per heavy atom. The zero-order valence-corrected chi connectivity index (χ0v) is 14.8. The molecule has 1 N–H and O–H groups in total. The van der Waals surface area contributed by atoms with Crippen LogP contribution in [-0.4, -0.2) is 24.2 Å². The van der Waals surface area contributed by atoms with Crippen LogP contribution in [0, 0.1) is 6.92 Å². The normalized spacial score (nSPS) is 10.2. The number of aryl methyl sites for hydroxylation is 1. The number of rotatable bonds is 7. The molecule has 0 aliphatic heterocycles. The summed E-state index contributed by atoms with van der Waals surface area (Å²) in [4.78, 5) is 23.3. The van der Waals surface area contributed by atoms with Gasteiger partial charge < -0.3 is 10.1 Å². The molecule has 0 unspecified atom stereocenters. The van der Waals surface area contributed by atoms with Gasteiger partial charge in [0.15, 0.2) is 6.61 Å². The maximum atomic E-state index is 11.7. The Labute approximate surface area is 150 Å². The Balaban J connectivity index is 1.64. The van der Waals surface area contributed by atoms with Gasteiger partial charge in [0.1, 0.15) is 0 Å². The number of ether oxygens (including phenoxy) is 1. The van der Waals surface area contributed by atoms with Crippen molar-refractivity contribution >= 4 is 40.9 Å². The first-order valence-corrected chi connectivity index (χ1v) is 8.90. The second-order valence-electron chi connectivity index (χ2n) is 5.19. The molecule has 0 aliphatic carbocycles. The number of carbonyl (C=O) groups excluding carboxylic acids is 2. The van der Waals surface area contributed by atoms with Crippen molar-refractivity contribution in [3.63, 3.8) is 0 Å². The van der Waals surface area contributed by atoms with Gasteiger partial charge in [0.05, 0.1) is 5.75 Å². The minimum Gasteiger partial charge on any atom is -0.455 e. The van der Waals surface area contributed by atoms with E-state index in [1.807, 2.05) is 31.2 Å². The third kappa shape index (κ3) is 6.64. The van der Waals surface area contributed by atoms with Crippen molar-refractivity contribution in [1.82, 2.24) is 0 Å². The standard InChI is InChI=1S/C18H18ClNO3S/c1-13-2-4-14(5-3-13)11-24-12-18(22)23-10-17(21)20-16-8-6-15(19)7-9-16/h2-9H,10-12H2,1H3,(H,20,21). The molecular formula is C18H18ClNO3S. The average molecular weight is 364 g/mol. The fourth-order valence-electron chi connectivity index (χ4n) is 1.85. The third-order valence-corrected chi connectivity index (χ3v) is 4.33.